The van der Waals surface area contributed by atoms with Gasteiger partial charge in [-0.25, -0.2) is 0 Å². The molecule has 0 amide bonds. The summed E-state index contributed by atoms with van der Waals surface area (Å²) in [7, 11) is 3.22. The molecule has 2 aliphatic carbocycles. The first-order valence-corrected chi connectivity index (χ1v) is 15.6. The summed E-state index contributed by atoms with van der Waals surface area (Å²) in [6.07, 6.45) is 2.23. The zero-order valence-electron chi connectivity index (χ0n) is 26.1. The first kappa shape index (κ1) is 31.9. The number of allylic oxidation sites excluding steroid dienone is 4. The van der Waals surface area contributed by atoms with E-state index in [1.807, 2.05) is 12.1 Å². The highest BCUT2D eigenvalue weighted by atomic mass is 79.9. The van der Waals surface area contributed by atoms with Crippen molar-refractivity contribution in [1.82, 2.24) is 4.90 Å². The molecule has 9 nitrogen and oxygen atoms in total. The number of carbonyl (C=O) groups is 2. The van der Waals surface area contributed by atoms with Crippen molar-refractivity contribution in [3.63, 3.8) is 0 Å². The molecule has 10 heteroatoms. The van der Waals surface area contributed by atoms with Crippen molar-refractivity contribution in [3.05, 3.63) is 84.7 Å². The second-order valence-electron chi connectivity index (χ2n) is 13.4. The number of nitro benzene ring substituents is 1. The molecule has 0 bridgehead atoms. The van der Waals surface area contributed by atoms with Crippen LogP contribution in [0, 0.1) is 20.9 Å². The lowest BCUT2D eigenvalue weighted by Crippen LogP contribution is -2.45. The van der Waals surface area contributed by atoms with E-state index in [1.165, 1.54) is 12.1 Å². The Balaban J connectivity index is 1.61. The molecule has 0 saturated heterocycles. The summed E-state index contributed by atoms with van der Waals surface area (Å²) >= 11 is 3.67. The van der Waals surface area contributed by atoms with Gasteiger partial charge in [-0.2, -0.15) is 0 Å². The highest BCUT2D eigenvalue weighted by molar-refractivity contribution is 9.10. The molecule has 5 rings (SSSR count). The molecule has 0 saturated carbocycles. The smallest absolute Gasteiger partial charge is 0.269 e. The van der Waals surface area contributed by atoms with Crippen molar-refractivity contribution in [3.8, 4) is 11.5 Å². The molecule has 0 spiro atoms. The first-order valence-electron chi connectivity index (χ1n) is 14.8. The maximum Gasteiger partial charge on any atom is 0.269 e. The van der Waals surface area contributed by atoms with Crippen LogP contribution < -0.4 is 9.47 Å². The number of nitro groups is 1. The number of benzene rings is 2. The van der Waals surface area contributed by atoms with Gasteiger partial charge in [0.2, 0.25) is 0 Å². The van der Waals surface area contributed by atoms with Gasteiger partial charge in [-0.15, -0.1) is 0 Å². The predicted octanol–water partition coefficient (Wildman–Crippen LogP) is 7.28. The molecule has 0 fully saturated rings. The molecule has 0 N–H and O–H groups in total. The highest BCUT2D eigenvalue weighted by Crippen LogP contribution is 2.55. The topological polar surface area (TPSA) is 108 Å². The van der Waals surface area contributed by atoms with Crippen LogP contribution in [0.2, 0.25) is 0 Å². The van der Waals surface area contributed by atoms with Gasteiger partial charge in [0.1, 0.15) is 6.61 Å². The van der Waals surface area contributed by atoms with E-state index in [0.29, 0.717) is 66.0 Å². The van der Waals surface area contributed by atoms with Crippen molar-refractivity contribution < 1.29 is 28.7 Å². The second-order valence-corrected chi connectivity index (χ2v) is 14.3. The summed E-state index contributed by atoms with van der Waals surface area (Å²) in [5.41, 5.74) is 4.43. The molecule has 1 heterocycles. The fourth-order valence-corrected chi connectivity index (χ4v) is 7.32. The number of hydrogen-bond acceptors (Lipinski definition) is 8. The molecule has 44 heavy (non-hydrogen) atoms. The number of Topliss-reactive ketones (excluding diaryl/α,β-unsaturated/α-hetero) is 2. The standard InChI is InChI=1S/C34H39BrN2O7/c1-33(2)15-24-30(26(38)17-33)29(31-25(36(24)11-12-42-5)16-34(3,4)18-27(31)39)21-13-23(35)32(28(14-21)43-6)44-19-20-7-9-22(10-8-20)37(40)41/h7-10,13-14,29H,11-12,15-19H2,1-6H3. The number of non-ortho nitro benzene ring substituents is 1. The number of ketones is 2. The van der Waals surface area contributed by atoms with Gasteiger partial charge in [0.15, 0.2) is 23.1 Å². The van der Waals surface area contributed by atoms with Crippen LogP contribution in [0.5, 0.6) is 11.5 Å². The van der Waals surface area contributed by atoms with Crippen LogP contribution in [-0.2, 0) is 20.9 Å². The quantitative estimate of drug-likeness (QED) is 0.203. The Morgan fingerprint density at radius 3 is 2.00 bits per heavy atom. The van der Waals surface area contributed by atoms with Gasteiger partial charge < -0.3 is 19.1 Å². The van der Waals surface area contributed by atoms with Crippen LogP contribution in [0.4, 0.5) is 5.69 Å². The van der Waals surface area contributed by atoms with Crippen LogP contribution in [0.3, 0.4) is 0 Å². The number of rotatable bonds is 9. The van der Waals surface area contributed by atoms with Gasteiger partial charge in [0.05, 0.1) is 23.1 Å². The summed E-state index contributed by atoms with van der Waals surface area (Å²) in [6.45, 7) is 9.68. The Labute approximate surface area is 266 Å². The van der Waals surface area contributed by atoms with Crippen LogP contribution in [-0.4, -0.2) is 48.8 Å². The van der Waals surface area contributed by atoms with Crippen molar-refractivity contribution in [2.45, 2.75) is 65.9 Å². The van der Waals surface area contributed by atoms with Gasteiger partial charge in [0, 0.05) is 67.1 Å². The van der Waals surface area contributed by atoms with Gasteiger partial charge in [-0.1, -0.05) is 27.7 Å². The summed E-state index contributed by atoms with van der Waals surface area (Å²) in [4.78, 5) is 40.8. The molecule has 1 aliphatic heterocycles. The predicted molar refractivity (Wildman–Crippen MR) is 170 cm³/mol. The molecule has 2 aromatic carbocycles. The van der Waals surface area contributed by atoms with E-state index in [-0.39, 0.29) is 34.7 Å². The Bertz CT molecular complexity index is 1520. The summed E-state index contributed by atoms with van der Waals surface area (Å²) in [6, 6.07) is 9.96. The zero-order valence-corrected chi connectivity index (χ0v) is 27.7. The molecular weight excluding hydrogens is 628 g/mol. The summed E-state index contributed by atoms with van der Waals surface area (Å²) < 4.78 is 18.0. The van der Waals surface area contributed by atoms with Crippen molar-refractivity contribution in [2.24, 2.45) is 10.8 Å². The van der Waals surface area contributed by atoms with Crippen LogP contribution in [0.15, 0.2) is 63.4 Å². The monoisotopic (exact) mass is 666 g/mol. The minimum atomic E-state index is -0.528. The lowest BCUT2D eigenvalue weighted by atomic mass is 9.63. The second kappa shape index (κ2) is 12.1. The largest absolute Gasteiger partial charge is 0.493 e. The fraction of sp³-hybridized carbons (Fsp3) is 0.471. The molecule has 2 aromatic rings. The van der Waals surface area contributed by atoms with E-state index in [4.69, 9.17) is 14.2 Å². The van der Waals surface area contributed by atoms with Gasteiger partial charge in [-0.3, -0.25) is 19.7 Å². The SMILES string of the molecule is COCCN1C2=C(C(=O)CC(C)(C)C2)C(c2cc(Br)c(OCc3ccc([N+](=O)[O-])cc3)c(OC)c2)C2=C1CC(C)(C)CC2=O. The zero-order chi connectivity index (χ0) is 32.0. The molecule has 0 aromatic heterocycles. The maximum atomic E-state index is 14.0. The average molecular weight is 668 g/mol. The maximum absolute atomic E-state index is 14.0. The minimum Gasteiger partial charge on any atom is -0.493 e. The number of hydrogen-bond donors (Lipinski definition) is 0. The van der Waals surface area contributed by atoms with E-state index in [1.54, 1.807) is 26.4 Å². The molecule has 234 valence electrons. The van der Waals surface area contributed by atoms with Crippen LogP contribution in [0.1, 0.15) is 70.4 Å². The van der Waals surface area contributed by atoms with Gasteiger partial charge in [-0.05, 0) is 75.0 Å². The van der Waals surface area contributed by atoms with E-state index in [9.17, 15) is 19.7 Å². The Morgan fingerprint density at radius 1 is 0.932 bits per heavy atom. The number of carbonyl (C=O) groups excluding carboxylic acids is 2. The Morgan fingerprint density at radius 2 is 1.50 bits per heavy atom. The molecule has 3 aliphatic rings. The third-order valence-corrected chi connectivity index (χ3v) is 9.25. The van der Waals surface area contributed by atoms with Crippen LogP contribution in [0.25, 0.3) is 0 Å². The lowest BCUT2D eigenvalue weighted by Gasteiger charge is -2.49. The Kier molecular flexibility index (Phi) is 8.79. The molecule has 0 atom stereocenters. The van der Waals surface area contributed by atoms with Crippen molar-refractivity contribution >= 4 is 33.2 Å². The van der Waals surface area contributed by atoms with E-state index < -0.39 is 10.8 Å². The average Bonchev–Trinajstić information content (AvgIpc) is 2.93. The van der Waals surface area contributed by atoms with E-state index in [2.05, 4.69) is 48.5 Å². The number of halogens is 1. The van der Waals surface area contributed by atoms with E-state index in [0.717, 1.165) is 22.5 Å². The molecule has 0 unspecified atom stereocenters. The third kappa shape index (κ3) is 6.19. The third-order valence-electron chi connectivity index (χ3n) is 8.66. The fourth-order valence-electron chi connectivity index (χ4n) is 6.75. The summed E-state index contributed by atoms with van der Waals surface area (Å²) in [5, 5.41) is 11.0. The van der Waals surface area contributed by atoms with Gasteiger partial charge >= 0.3 is 0 Å². The minimum absolute atomic E-state index is 0.00812. The molecular formula is C34H39BrN2O7. The first-order chi connectivity index (χ1) is 20.7. The number of nitrogens with zero attached hydrogens (tertiary/aromatic N) is 2. The number of methoxy groups -OCH3 is 2. The van der Waals surface area contributed by atoms with Crippen LogP contribution >= 0.6 is 15.9 Å². The highest BCUT2D eigenvalue weighted by Gasteiger charge is 2.49. The summed E-state index contributed by atoms with van der Waals surface area (Å²) in [5.74, 6) is 0.500. The van der Waals surface area contributed by atoms with Crippen molar-refractivity contribution in [1.29, 1.82) is 0 Å². The van der Waals surface area contributed by atoms with E-state index >= 15 is 0 Å². The lowest BCUT2D eigenvalue weighted by molar-refractivity contribution is -0.384. The van der Waals surface area contributed by atoms with Crippen molar-refractivity contribution in [2.75, 3.05) is 27.4 Å². The number of ether oxygens (including phenoxy) is 3. The molecule has 0 radical (unpaired) electrons. The Hall–Kier alpha value is -3.50. The van der Waals surface area contributed by atoms with Gasteiger partial charge in [0.25, 0.3) is 5.69 Å². The normalized spacial score (nSPS) is 19.6.